The van der Waals surface area contributed by atoms with Crippen LogP contribution in [0, 0.1) is 6.92 Å². The van der Waals surface area contributed by atoms with Crippen molar-refractivity contribution >= 4 is 5.91 Å². The second kappa shape index (κ2) is 7.31. The third-order valence-electron chi connectivity index (χ3n) is 5.44. The molecule has 0 bridgehead atoms. The molecule has 3 nitrogen and oxygen atoms in total. The molecule has 1 aromatic carbocycles. The fourth-order valence-electron chi connectivity index (χ4n) is 4.08. The van der Waals surface area contributed by atoms with Gasteiger partial charge in [0.2, 0.25) is 5.91 Å². The highest BCUT2D eigenvalue weighted by molar-refractivity contribution is 5.89. The second-order valence-electron chi connectivity index (χ2n) is 6.96. The Morgan fingerprint density at radius 2 is 2.00 bits per heavy atom. The molecular weight excluding hydrogens is 284 g/mol. The summed E-state index contributed by atoms with van der Waals surface area (Å²) in [5.41, 5.74) is 3.51. The molecule has 1 fully saturated rings. The standard InChI is InChI=1S/C20H28N2O/c1-16-7-3-4-8-18(16)20(11-5-2-6-12-20)19(23)22-15-17-9-13-21-14-10-17/h3-4,7-9,21H,2,5-6,10-15H2,1H3,(H,22,23). The molecular formula is C20H28N2O. The van der Waals surface area contributed by atoms with Crippen LogP contribution >= 0.6 is 0 Å². The molecule has 3 heteroatoms. The largest absolute Gasteiger partial charge is 0.352 e. The zero-order chi connectivity index (χ0) is 16.1. The molecule has 2 N–H and O–H groups in total. The van der Waals surface area contributed by atoms with Crippen LogP contribution in [0.1, 0.15) is 49.7 Å². The Labute approximate surface area is 139 Å². The van der Waals surface area contributed by atoms with Crippen LogP contribution in [0.4, 0.5) is 0 Å². The van der Waals surface area contributed by atoms with Gasteiger partial charge in [-0.2, -0.15) is 0 Å². The summed E-state index contributed by atoms with van der Waals surface area (Å²) < 4.78 is 0. The van der Waals surface area contributed by atoms with Gasteiger partial charge in [0, 0.05) is 13.1 Å². The number of aryl methyl sites for hydroxylation is 1. The summed E-state index contributed by atoms with van der Waals surface area (Å²) >= 11 is 0. The van der Waals surface area contributed by atoms with Crippen LogP contribution in [-0.2, 0) is 10.2 Å². The minimum atomic E-state index is -0.322. The van der Waals surface area contributed by atoms with Crippen molar-refractivity contribution in [3.8, 4) is 0 Å². The average molecular weight is 312 g/mol. The summed E-state index contributed by atoms with van der Waals surface area (Å²) in [6, 6.07) is 8.42. The first-order valence-electron chi connectivity index (χ1n) is 8.95. The van der Waals surface area contributed by atoms with Gasteiger partial charge in [0.05, 0.1) is 5.41 Å². The van der Waals surface area contributed by atoms with Crippen molar-refractivity contribution in [2.24, 2.45) is 0 Å². The monoisotopic (exact) mass is 312 g/mol. The molecule has 0 aromatic heterocycles. The molecule has 2 aliphatic rings. The van der Waals surface area contributed by atoms with Crippen LogP contribution < -0.4 is 10.6 Å². The maximum Gasteiger partial charge on any atom is 0.230 e. The van der Waals surface area contributed by atoms with E-state index in [0.29, 0.717) is 6.54 Å². The number of amides is 1. The Hall–Kier alpha value is -1.61. The maximum absolute atomic E-state index is 13.2. The Bertz CT molecular complexity index is 585. The molecule has 23 heavy (non-hydrogen) atoms. The zero-order valence-electron chi connectivity index (χ0n) is 14.2. The lowest BCUT2D eigenvalue weighted by atomic mass is 9.67. The van der Waals surface area contributed by atoms with Gasteiger partial charge in [0.1, 0.15) is 0 Å². The summed E-state index contributed by atoms with van der Waals surface area (Å²) in [7, 11) is 0. The number of nitrogens with one attached hydrogen (secondary N) is 2. The van der Waals surface area contributed by atoms with Gasteiger partial charge < -0.3 is 10.6 Å². The van der Waals surface area contributed by atoms with E-state index in [0.717, 1.165) is 45.2 Å². The molecule has 0 saturated heterocycles. The van der Waals surface area contributed by atoms with Crippen molar-refractivity contribution < 1.29 is 4.79 Å². The molecule has 124 valence electrons. The summed E-state index contributed by atoms with van der Waals surface area (Å²) in [5, 5.41) is 6.57. The molecule has 0 unspecified atom stereocenters. The van der Waals surface area contributed by atoms with E-state index < -0.39 is 0 Å². The highest BCUT2D eigenvalue weighted by Crippen LogP contribution is 2.41. The van der Waals surface area contributed by atoms with Crippen LogP contribution in [0.15, 0.2) is 35.9 Å². The van der Waals surface area contributed by atoms with E-state index in [9.17, 15) is 4.79 Å². The first kappa shape index (κ1) is 16.3. The van der Waals surface area contributed by atoms with Crippen molar-refractivity contribution in [2.45, 2.75) is 50.9 Å². The summed E-state index contributed by atoms with van der Waals surface area (Å²) in [5.74, 6) is 0.228. The Morgan fingerprint density at radius 3 is 2.70 bits per heavy atom. The minimum Gasteiger partial charge on any atom is -0.352 e. The van der Waals surface area contributed by atoms with Crippen molar-refractivity contribution in [3.63, 3.8) is 0 Å². The van der Waals surface area contributed by atoms with Gasteiger partial charge in [-0.3, -0.25) is 4.79 Å². The summed E-state index contributed by atoms with van der Waals surface area (Å²) in [6.07, 6.45) is 8.75. The Balaban J connectivity index is 1.79. The van der Waals surface area contributed by atoms with Crippen LogP contribution in [0.2, 0.25) is 0 Å². The van der Waals surface area contributed by atoms with E-state index >= 15 is 0 Å². The van der Waals surface area contributed by atoms with Gasteiger partial charge in [-0.1, -0.05) is 55.2 Å². The molecule has 1 aliphatic carbocycles. The van der Waals surface area contributed by atoms with Crippen LogP contribution in [-0.4, -0.2) is 25.5 Å². The molecule has 0 radical (unpaired) electrons. The van der Waals surface area contributed by atoms with E-state index in [4.69, 9.17) is 0 Å². The maximum atomic E-state index is 13.2. The third-order valence-corrected chi connectivity index (χ3v) is 5.44. The minimum absolute atomic E-state index is 0.228. The molecule has 1 aromatic rings. The fourth-order valence-corrected chi connectivity index (χ4v) is 4.08. The third kappa shape index (κ3) is 3.50. The quantitative estimate of drug-likeness (QED) is 0.838. The summed E-state index contributed by atoms with van der Waals surface area (Å²) in [4.78, 5) is 13.2. The number of carbonyl (C=O) groups excluding carboxylic acids is 1. The van der Waals surface area contributed by atoms with Crippen molar-refractivity contribution in [1.82, 2.24) is 10.6 Å². The first-order chi connectivity index (χ1) is 11.2. The number of rotatable bonds is 4. The van der Waals surface area contributed by atoms with Crippen LogP contribution in [0.3, 0.4) is 0 Å². The topological polar surface area (TPSA) is 41.1 Å². The highest BCUT2D eigenvalue weighted by Gasteiger charge is 2.41. The lowest BCUT2D eigenvalue weighted by Gasteiger charge is -2.37. The molecule has 1 aliphatic heterocycles. The number of hydrogen-bond donors (Lipinski definition) is 2. The second-order valence-corrected chi connectivity index (χ2v) is 6.96. The van der Waals surface area contributed by atoms with Gasteiger partial charge >= 0.3 is 0 Å². The van der Waals surface area contributed by atoms with Gasteiger partial charge in [-0.25, -0.2) is 0 Å². The number of hydrogen-bond acceptors (Lipinski definition) is 2. The normalized spacial score (nSPS) is 20.7. The van der Waals surface area contributed by atoms with Gasteiger partial charge in [0.15, 0.2) is 0 Å². The lowest BCUT2D eigenvalue weighted by molar-refractivity contribution is -0.127. The smallest absolute Gasteiger partial charge is 0.230 e. The molecule has 0 spiro atoms. The van der Waals surface area contributed by atoms with E-state index in [1.165, 1.54) is 23.1 Å². The Kier molecular flexibility index (Phi) is 5.16. The van der Waals surface area contributed by atoms with Gasteiger partial charge in [-0.05, 0) is 43.9 Å². The van der Waals surface area contributed by atoms with E-state index in [2.05, 4.69) is 47.9 Å². The predicted octanol–water partition coefficient (Wildman–Crippen LogP) is 3.23. The van der Waals surface area contributed by atoms with E-state index in [1.807, 2.05) is 0 Å². The highest BCUT2D eigenvalue weighted by atomic mass is 16.2. The van der Waals surface area contributed by atoms with E-state index in [-0.39, 0.29) is 11.3 Å². The van der Waals surface area contributed by atoms with Crippen LogP contribution in [0.25, 0.3) is 0 Å². The van der Waals surface area contributed by atoms with Gasteiger partial charge in [-0.15, -0.1) is 0 Å². The number of benzene rings is 1. The van der Waals surface area contributed by atoms with Crippen LogP contribution in [0.5, 0.6) is 0 Å². The SMILES string of the molecule is Cc1ccccc1C1(C(=O)NCC2=CCNCC2)CCCCC1. The fraction of sp³-hybridized carbons (Fsp3) is 0.550. The molecule has 1 amide bonds. The van der Waals surface area contributed by atoms with Crippen molar-refractivity contribution in [1.29, 1.82) is 0 Å². The first-order valence-corrected chi connectivity index (χ1v) is 8.95. The Morgan fingerprint density at radius 1 is 1.22 bits per heavy atom. The zero-order valence-corrected chi connectivity index (χ0v) is 14.2. The van der Waals surface area contributed by atoms with Crippen molar-refractivity contribution in [3.05, 3.63) is 47.0 Å². The molecule has 0 atom stereocenters. The number of carbonyl (C=O) groups is 1. The average Bonchev–Trinajstić information content (AvgIpc) is 2.61. The van der Waals surface area contributed by atoms with Crippen molar-refractivity contribution in [2.75, 3.05) is 19.6 Å². The summed E-state index contributed by atoms with van der Waals surface area (Å²) in [6.45, 7) is 4.78. The van der Waals surface area contributed by atoms with E-state index in [1.54, 1.807) is 0 Å². The molecule has 1 saturated carbocycles. The molecule has 1 heterocycles. The predicted molar refractivity (Wildman–Crippen MR) is 94.5 cm³/mol. The van der Waals surface area contributed by atoms with Gasteiger partial charge in [0.25, 0.3) is 0 Å². The lowest BCUT2D eigenvalue weighted by Crippen LogP contribution is -2.47. The molecule has 3 rings (SSSR count).